The lowest BCUT2D eigenvalue weighted by Gasteiger charge is -2.37. The molecule has 2 aliphatic heterocycles. The number of hydrogen-bond donors (Lipinski definition) is 1. The van der Waals surface area contributed by atoms with Crippen LogP contribution in [0.4, 0.5) is 18.9 Å². The number of phenolic OH excluding ortho intramolecular Hbond substituents is 1. The van der Waals surface area contributed by atoms with E-state index in [0.29, 0.717) is 35.7 Å². The maximum absolute atomic E-state index is 15.6. The molecule has 196 valence electrons. The van der Waals surface area contributed by atoms with Crippen LogP contribution in [0.1, 0.15) is 41.4 Å². The number of aromatic hydroxyl groups is 1. The molecule has 2 aliphatic rings. The van der Waals surface area contributed by atoms with E-state index in [0.717, 1.165) is 18.9 Å². The van der Waals surface area contributed by atoms with Crippen molar-refractivity contribution in [2.45, 2.75) is 31.0 Å². The summed E-state index contributed by atoms with van der Waals surface area (Å²) in [6, 6.07) is 13.8. The monoisotopic (exact) mass is 513 g/mol. The summed E-state index contributed by atoms with van der Waals surface area (Å²) in [5, 5.41) is 9.95. The third-order valence-electron chi connectivity index (χ3n) is 7.59. The second kappa shape index (κ2) is 10.6. The molecular formula is C29H30F3NO4. The molecule has 3 aromatic rings. The minimum atomic E-state index is -0.943. The molecule has 0 radical (unpaired) electrons. The van der Waals surface area contributed by atoms with Crippen molar-refractivity contribution in [1.29, 1.82) is 0 Å². The van der Waals surface area contributed by atoms with E-state index in [9.17, 15) is 13.9 Å². The molecule has 3 aromatic carbocycles. The van der Waals surface area contributed by atoms with Gasteiger partial charge in [0.15, 0.2) is 17.9 Å². The van der Waals surface area contributed by atoms with Crippen LogP contribution < -0.4 is 9.64 Å². The quantitative estimate of drug-likeness (QED) is 0.413. The Balaban J connectivity index is 1.47. The first-order valence-electron chi connectivity index (χ1n) is 12.4. The molecule has 0 amide bonds. The normalized spacial score (nSPS) is 20.1. The maximum Gasteiger partial charge on any atom is 0.162 e. The van der Waals surface area contributed by atoms with E-state index in [1.165, 1.54) is 30.3 Å². The van der Waals surface area contributed by atoms with Crippen LogP contribution in [0.5, 0.6) is 11.5 Å². The van der Waals surface area contributed by atoms with Crippen LogP contribution in [-0.2, 0) is 9.47 Å². The number of fused-ring (bicyclic) bond motifs is 1. The zero-order chi connectivity index (χ0) is 26.1. The largest absolute Gasteiger partial charge is 0.508 e. The van der Waals surface area contributed by atoms with Gasteiger partial charge in [-0.3, -0.25) is 0 Å². The fourth-order valence-corrected chi connectivity index (χ4v) is 5.75. The van der Waals surface area contributed by atoms with Gasteiger partial charge in [-0.1, -0.05) is 24.3 Å². The van der Waals surface area contributed by atoms with Gasteiger partial charge in [-0.2, -0.15) is 0 Å². The van der Waals surface area contributed by atoms with Gasteiger partial charge in [-0.25, -0.2) is 13.2 Å². The number of phenols is 1. The summed E-state index contributed by atoms with van der Waals surface area (Å²) in [5.41, 5.74) is 1.97. The summed E-state index contributed by atoms with van der Waals surface area (Å²) >= 11 is 0. The lowest BCUT2D eigenvalue weighted by molar-refractivity contribution is -0.141. The Bertz CT molecular complexity index is 1260. The number of methoxy groups -OCH3 is 2. The Morgan fingerprint density at radius 2 is 1.68 bits per heavy atom. The molecule has 0 spiro atoms. The first-order valence-corrected chi connectivity index (χ1v) is 12.4. The number of ether oxygens (including phenoxy) is 3. The average molecular weight is 514 g/mol. The van der Waals surface area contributed by atoms with Crippen molar-refractivity contribution >= 4 is 5.69 Å². The highest BCUT2D eigenvalue weighted by Gasteiger charge is 2.36. The van der Waals surface area contributed by atoms with Crippen molar-refractivity contribution in [2.24, 2.45) is 5.92 Å². The molecule has 2 heterocycles. The van der Waals surface area contributed by atoms with Crippen molar-refractivity contribution in [3.05, 3.63) is 88.7 Å². The summed E-state index contributed by atoms with van der Waals surface area (Å²) in [5.74, 6) is -2.64. The van der Waals surface area contributed by atoms with Gasteiger partial charge in [0.2, 0.25) is 0 Å². The number of piperidine rings is 1. The molecule has 0 saturated carbocycles. The molecule has 0 aromatic heterocycles. The third-order valence-corrected chi connectivity index (χ3v) is 7.59. The first kappa shape index (κ1) is 25.4. The lowest BCUT2D eigenvalue weighted by atomic mass is 9.75. The second-order valence-electron chi connectivity index (χ2n) is 9.64. The Kier molecular flexibility index (Phi) is 7.31. The van der Waals surface area contributed by atoms with Crippen LogP contribution >= 0.6 is 0 Å². The van der Waals surface area contributed by atoms with E-state index in [2.05, 4.69) is 0 Å². The lowest BCUT2D eigenvalue weighted by Crippen LogP contribution is -2.39. The van der Waals surface area contributed by atoms with Gasteiger partial charge in [0.25, 0.3) is 0 Å². The fourth-order valence-electron chi connectivity index (χ4n) is 5.75. The van der Waals surface area contributed by atoms with E-state index in [1.807, 2.05) is 11.0 Å². The Hall–Kier alpha value is -3.23. The summed E-state index contributed by atoms with van der Waals surface area (Å²) in [6.07, 6.45) is 1.35. The van der Waals surface area contributed by atoms with Crippen molar-refractivity contribution in [3.8, 4) is 11.5 Å². The van der Waals surface area contributed by atoms with Crippen LogP contribution in [-0.4, -0.2) is 45.3 Å². The van der Waals surface area contributed by atoms with Crippen molar-refractivity contribution in [2.75, 3.05) is 38.8 Å². The molecule has 2 atom stereocenters. The molecule has 8 heteroatoms. The molecule has 0 aliphatic carbocycles. The number of rotatable bonds is 6. The van der Waals surface area contributed by atoms with Gasteiger partial charge in [0.05, 0.1) is 12.3 Å². The van der Waals surface area contributed by atoms with Crippen molar-refractivity contribution in [3.63, 3.8) is 0 Å². The van der Waals surface area contributed by atoms with Gasteiger partial charge in [0, 0.05) is 56.7 Å². The number of nitrogens with zero attached hydrogens (tertiary/aromatic N) is 1. The smallest absolute Gasteiger partial charge is 0.162 e. The van der Waals surface area contributed by atoms with Gasteiger partial charge in [-0.15, -0.1) is 0 Å². The van der Waals surface area contributed by atoms with Crippen molar-refractivity contribution in [1.82, 2.24) is 0 Å². The molecule has 37 heavy (non-hydrogen) atoms. The molecule has 1 fully saturated rings. The molecule has 5 nitrogen and oxygen atoms in total. The van der Waals surface area contributed by atoms with Crippen LogP contribution in [0.2, 0.25) is 0 Å². The summed E-state index contributed by atoms with van der Waals surface area (Å²) in [7, 11) is 3.25. The predicted molar refractivity (Wildman–Crippen MR) is 134 cm³/mol. The average Bonchev–Trinajstić information content (AvgIpc) is 2.91. The zero-order valence-electron chi connectivity index (χ0n) is 20.8. The van der Waals surface area contributed by atoms with Gasteiger partial charge >= 0.3 is 0 Å². The minimum absolute atomic E-state index is 0.0296. The summed E-state index contributed by atoms with van der Waals surface area (Å²) in [6.45, 7) is 1.39. The van der Waals surface area contributed by atoms with Gasteiger partial charge in [-0.05, 0) is 48.2 Å². The standard InChI is InChI=1S/C29H30F3NO4/c1-35-29(36-2)17-10-12-33(13-11-17)25-9-6-18(14-24(25)31)27-21-8-7-19(34)15-26(21)37-16-22(27)20-4-3-5-23(30)28(20)32/h3-9,14-15,17,22,27,29,34H,10-13,16H2,1-2H3/t22-,27-/m1/s1. The maximum atomic E-state index is 15.6. The fraction of sp³-hybridized carbons (Fsp3) is 0.379. The molecule has 1 N–H and O–H groups in total. The second-order valence-corrected chi connectivity index (χ2v) is 9.64. The molecular weight excluding hydrogens is 483 g/mol. The highest BCUT2D eigenvalue weighted by molar-refractivity contribution is 5.55. The summed E-state index contributed by atoms with van der Waals surface area (Å²) < 4.78 is 61.2. The third kappa shape index (κ3) is 4.88. The van der Waals surface area contributed by atoms with E-state index >= 15 is 4.39 Å². The molecule has 5 rings (SSSR count). The van der Waals surface area contributed by atoms with E-state index in [4.69, 9.17) is 14.2 Å². The van der Waals surface area contributed by atoms with E-state index in [1.54, 1.807) is 26.4 Å². The van der Waals surface area contributed by atoms with Gasteiger partial charge < -0.3 is 24.2 Å². The molecule has 0 bridgehead atoms. The molecule has 1 saturated heterocycles. The highest BCUT2D eigenvalue weighted by Crippen LogP contribution is 2.48. The zero-order valence-corrected chi connectivity index (χ0v) is 20.8. The highest BCUT2D eigenvalue weighted by atomic mass is 19.2. The van der Waals surface area contributed by atoms with Crippen LogP contribution in [0, 0.1) is 23.4 Å². The Labute approximate surface area is 214 Å². The van der Waals surface area contributed by atoms with Crippen molar-refractivity contribution < 1.29 is 32.5 Å². The SMILES string of the molecule is COC(OC)C1CCN(c2ccc([C@@H]3c4ccc(O)cc4OC[C@@H]3c3cccc(F)c3F)cc2F)CC1. The molecule has 0 unspecified atom stereocenters. The number of halogens is 3. The number of anilines is 1. The predicted octanol–water partition coefficient (Wildman–Crippen LogP) is 5.95. The van der Waals surface area contributed by atoms with E-state index in [-0.39, 0.29) is 35.9 Å². The van der Waals surface area contributed by atoms with Crippen LogP contribution in [0.3, 0.4) is 0 Å². The van der Waals surface area contributed by atoms with E-state index < -0.39 is 23.5 Å². The Morgan fingerprint density at radius 1 is 0.919 bits per heavy atom. The summed E-state index contributed by atoms with van der Waals surface area (Å²) in [4.78, 5) is 2.01. The van der Waals surface area contributed by atoms with Crippen LogP contribution in [0.15, 0.2) is 54.6 Å². The van der Waals surface area contributed by atoms with Gasteiger partial charge in [0.1, 0.15) is 17.3 Å². The topological polar surface area (TPSA) is 51.2 Å². The first-order chi connectivity index (χ1) is 17.9. The Morgan fingerprint density at radius 3 is 2.38 bits per heavy atom. The number of hydrogen-bond acceptors (Lipinski definition) is 5. The number of benzene rings is 3. The van der Waals surface area contributed by atoms with Crippen LogP contribution in [0.25, 0.3) is 0 Å². The minimum Gasteiger partial charge on any atom is -0.508 e.